The zero-order chi connectivity index (χ0) is 25.0. The lowest BCUT2D eigenvalue weighted by molar-refractivity contribution is 0.0501. The van der Waals surface area contributed by atoms with Crippen molar-refractivity contribution in [3.8, 4) is 10.4 Å². The summed E-state index contributed by atoms with van der Waals surface area (Å²) in [6.07, 6.45) is 5.15. The summed E-state index contributed by atoms with van der Waals surface area (Å²) in [6.45, 7) is 7.63. The van der Waals surface area contributed by atoms with Crippen LogP contribution in [0.5, 0.6) is 0 Å². The molecule has 5 nitrogen and oxygen atoms in total. The van der Waals surface area contributed by atoms with E-state index < -0.39 is 17.6 Å². The van der Waals surface area contributed by atoms with Gasteiger partial charge in [0.05, 0.1) is 9.88 Å². The first kappa shape index (κ1) is 24.8. The van der Waals surface area contributed by atoms with Crippen LogP contribution in [0.1, 0.15) is 43.3 Å². The lowest BCUT2D eigenvalue weighted by Crippen LogP contribution is -2.40. The van der Waals surface area contributed by atoms with Crippen LogP contribution >= 0.6 is 11.3 Å². The Labute approximate surface area is 209 Å². The van der Waals surface area contributed by atoms with E-state index in [0.29, 0.717) is 6.42 Å². The average molecular weight is 492 g/mol. The molecule has 2 aromatic heterocycles. The van der Waals surface area contributed by atoms with Crippen LogP contribution in [-0.2, 0) is 17.6 Å². The minimum atomic E-state index is -0.554. The van der Waals surface area contributed by atoms with E-state index in [1.807, 2.05) is 45.2 Å². The SMILES string of the molecule is Cc1ccc(C[C@@H](CCc2ncc(-c3ccc4cnc(F)cc4c3)s2)NC(=O)OC(C)(C)C)cc1. The Kier molecular flexibility index (Phi) is 7.45. The zero-order valence-electron chi connectivity index (χ0n) is 20.5. The highest BCUT2D eigenvalue weighted by Crippen LogP contribution is 2.30. The summed E-state index contributed by atoms with van der Waals surface area (Å²) in [6, 6.07) is 15.6. The van der Waals surface area contributed by atoms with Gasteiger partial charge in [-0.15, -0.1) is 11.3 Å². The van der Waals surface area contributed by atoms with Crippen LogP contribution in [0.2, 0.25) is 0 Å². The minimum absolute atomic E-state index is 0.0870. The van der Waals surface area contributed by atoms with Crippen molar-refractivity contribution in [1.29, 1.82) is 0 Å². The molecule has 1 atom stereocenters. The Balaban J connectivity index is 1.46. The summed E-state index contributed by atoms with van der Waals surface area (Å²) >= 11 is 1.61. The Morgan fingerprint density at radius 2 is 1.83 bits per heavy atom. The average Bonchev–Trinajstić information content (AvgIpc) is 3.26. The highest BCUT2D eigenvalue weighted by molar-refractivity contribution is 7.15. The number of aryl methyl sites for hydroxylation is 2. The maximum absolute atomic E-state index is 13.5. The van der Waals surface area contributed by atoms with Crippen molar-refractivity contribution >= 4 is 28.2 Å². The van der Waals surface area contributed by atoms with Gasteiger partial charge in [0.1, 0.15) is 5.60 Å². The number of alkyl carbamates (subject to hydrolysis) is 1. The van der Waals surface area contributed by atoms with Crippen molar-refractivity contribution in [2.24, 2.45) is 0 Å². The maximum Gasteiger partial charge on any atom is 0.407 e. The first-order valence-electron chi connectivity index (χ1n) is 11.7. The fourth-order valence-corrected chi connectivity index (χ4v) is 4.76. The quantitative estimate of drug-likeness (QED) is 0.286. The third-order valence-electron chi connectivity index (χ3n) is 5.56. The van der Waals surface area contributed by atoms with Crippen molar-refractivity contribution in [2.75, 3.05) is 0 Å². The molecule has 35 heavy (non-hydrogen) atoms. The Bertz CT molecular complexity index is 1310. The number of pyridine rings is 1. The topological polar surface area (TPSA) is 64.1 Å². The molecule has 0 unspecified atom stereocenters. The monoisotopic (exact) mass is 491 g/mol. The smallest absolute Gasteiger partial charge is 0.407 e. The second-order valence-electron chi connectivity index (χ2n) is 9.76. The number of benzene rings is 2. The molecule has 4 rings (SSSR count). The molecule has 2 aromatic carbocycles. The van der Waals surface area contributed by atoms with Crippen molar-refractivity contribution in [1.82, 2.24) is 15.3 Å². The molecule has 2 heterocycles. The molecule has 0 aliphatic carbocycles. The molecule has 0 saturated heterocycles. The number of carbonyl (C=O) groups excluding carboxylic acids is 1. The summed E-state index contributed by atoms with van der Waals surface area (Å²) in [5, 5.41) is 5.74. The van der Waals surface area contributed by atoms with E-state index in [-0.39, 0.29) is 6.04 Å². The normalized spacial score (nSPS) is 12.5. The Hall–Kier alpha value is -3.32. The van der Waals surface area contributed by atoms with E-state index in [1.165, 1.54) is 11.6 Å². The predicted molar refractivity (Wildman–Crippen MR) is 139 cm³/mol. The summed E-state index contributed by atoms with van der Waals surface area (Å²) in [4.78, 5) is 21.8. The molecule has 1 N–H and O–H groups in total. The molecular weight excluding hydrogens is 461 g/mol. The number of hydrogen-bond donors (Lipinski definition) is 1. The van der Waals surface area contributed by atoms with E-state index in [4.69, 9.17) is 4.74 Å². The fraction of sp³-hybridized carbons (Fsp3) is 0.321. The minimum Gasteiger partial charge on any atom is -0.444 e. The third-order valence-corrected chi connectivity index (χ3v) is 6.66. The van der Waals surface area contributed by atoms with Crippen molar-refractivity contribution < 1.29 is 13.9 Å². The van der Waals surface area contributed by atoms with Gasteiger partial charge in [-0.1, -0.05) is 42.0 Å². The van der Waals surface area contributed by atoms with Gasteiger partial charge >= 0.3 is 6.09 Å². The van der Waals surface area contributed by atoms with Gasteiger partial charge in [-0.05, 0) is 63.1 Å². The molecule has 0 aliphatic heterocycles. The second-order valence-corrected chi connectivity index (χ2v) is 10.9. The summed E-state index contributed by atoms with van der Waals surface area (Å²) in [5.41, 5.74) is 2.80. The van der Waals surface area contributed by atoms with Crippen molar-refractivity contribution in [3.63, 3.8) is 0 Å². The van der Waals surface area contributed by atoms with Crippen LogP contribution in [0.15, 0.2) is 60.9 Å². The number of nitrogens with one attached hydrogen (secondary N) is 1. The number of hydrogen-bond acceptors (Lipinski definition) is 5. The molecular formula is C28H30FN3O2S. The Morgan fingerprint density at radius 1 is 1.06 bits per heavy atom. The van der Waals surface area contributed by atoms with Crippen LogP contribution in [0, 0.1) is 12.9 Å². The van der Waals surface area contributed by atoms with Crippen LogP contribution in [0.4, 0.5) is 9.18 Å². The van der Waals surface area contributed by atoms with Gasteiger partial charge in [-0.3, -0.25) is 0 Å². The fourth-order valence-electron chi connectivity index (χ4n) is 3.83. The van der Waals surface area contributed by atoms with Gasteiger partial charge in [0, 0.05) is 36.3 Å². The molecule has 1 amide bonds. The lowest BCUT2D eigenvalue weighted by Gasteiger charge is -2.23. The largest absolute Gasteiger partial charge is 0.444 e. The van der Waals surface area contributed by atoms with Gasteiger partial charge < -0.3 is 10.1 Å². The molecule has 0 spiro atoms. The molecule has 0 fully saturated rings. The van der Waals surface area contributed by atoms with Crippen molar-refractivity contribution in [2.45, 2.75) is 58.6 Å². The number of rotatable bonds is 7. The van der Waals surface area contributed by atoms with Gasteiger partial charge in [-0.25, -0.2) is 14.8 Å². The van der Waals surface area contributed by atoms with Crippen LogP contribution in [-0.4, -0.2) is 27.7 Å². The number of nitrogens with zero attached hydrogens (tertiary/aromatic N) is 2. The number of fused-ring (bicyclic) bond motifs is 1. The van der Waals surface area contributed by atoms with E-state index in [1.54, 1.807) is 17.5 Å². The molecule has 4 aromatic rings. The molecule has 0 aliphatic rings. The highest BCUT2D eigenvalue weighted by Gasteiger charge is 2.20. The summed E-state index contributed by atoms with van der Waals surface area (Å²) in [7, 11) is 0. The standard InChI is InChI=1S/C28H30FN3O2S/c1-18-5-7-19(8-6-18)13-23(32-27(33)34-28(2,3)4)11-12-26-31-17-24(35-26)20-9-10-21-16-30-25(29)15-22(21)14-20/h5-10,14-17,23H,11-13H2,1-4H3,(H,32,33)/t23-/m1/s1. The summed E-state index contributed by atoms with van der Waals surface area (Å²) in [5.74, 6) is -0.489. The second kappa shape index (κ2) is 10.5. The van der Waals surface area contributed by atoms with E-state index in [2.05, 4.69) is 46.5 Å². The molecule has 7 heteroatoms. The maximum atomic E-state index is 13.5. The molecule has 0 radical (unpaired) electrons. The first-order valence-corrected chi connectivity index (χ1v) is 12.5. The highest BCUT2D eigenvalue weighted by atomic mass is 32.1. The lowest BCUT2D eigenvalue weighted by atomic mass is 10.0. The molecule has 182 valence electrons. The molecule has 0 bridgehead atoms. The van der Waals surface area contributed by atoms with Crippen LogP contribution < -0.4 is 5.32 Å². The summed E-state index contributed by atoms with van der Waals surface area (Å²) < 4.78 is 19.0. The number of amides is 1. The molecule has 0 saturated carbocycles. The van der Waals surface area contributed by atoms with Gasteiger partial charge in [0.15, 0.2) is 0 Å². The Morgan fingerprint density at radius 3 is 2.57 bits per heavy atom. The predicted octanol–water partition coefficient (Wildman–Crippen LogP) is 6.87. The van der Waals surface area contributed by atoms with E-state index in [0.717, 1.165) is 44.6 Å². The van der Waals surface area contributed by atoms with Crippen LogP contribution in [0.3, 0.4) is 0 Å². The number of halogens is 1. The van der Waals surface area contributed by atoms with E-state index >= 15 is 0 Å². The van der Waals surface area contributed by atoms with Crippen LogP contribution in [0.25, 0.3) is 21.2 Å². The van der Waals surface area contributed by atoms with E-state index in [9.17, 15) is 9.18 Å². The number of ether oxygens (including phenoxy) is 1. The number of thiazole rings is 1. The van der Waals surface area contributed by atoms with Crippen molar-refractivity contribution in [3.05, 3.63) is 83.0 Å². The zero-order valence-corrected chi connectivity index (χ0v) is 21.3. The number of aromatic nitrogens is 2. The third kappa shape index (κ3) is 7.09. The van der Waals surface area contributed by atoms with Gasteiger partial charge in [-0.2, -0.15) is 4.39 Å². The van der Waals surface area contributed by atoms with Gasteiger partial charge in [0.25, 0.3) is 0 Å². The van der Waals surface area contributed by atoms with Gasteiger partial charge in [0.2, 0.25) is 5.95 Å². The first-order chi connectivity index (χ1) is 16.6. The number of carbonyl (C=O) groups is 1.